The summed E-state index contributed by atoms with van der Waals surface area (Å²) < 4.78 is 46.9. The Kier molecular flexibility index (Phi) is 5.73. The van der Waals surface area contributed by atoms with E-state index in [9.17, 15) is 8.78 Å². The summed E-state index contributed by atoms with van der Waals surface area (Å²) in [4.78, 5) is 6.30. The molecular formula is C21H19F3N8O. The van der Waals surface area contributed by atoms with Crippen molar-refractivity contribution in [3.05, 3.63) is 60.1 Å². The number of piperazine rings is 1. The average molecular weight is 456 g/mol. The van der Waals surface area contributed by atoms with Crippen LogP contribution in [0.4, 0.5) is 18.9 Å². The van der Waals surface area contributed by atoms with Gasteiger partial charge in [-0.3, -0.25) is 4.98 Å². The van der Waals surface area contributed by atoms with E-state index >= 15 is 4.39 Å². The summed E-state index contributed by atoms with van der Waals surface area (Å²) in [6, 6.07) is 8.59. The maximum absolute atomic E-state index is 15.2. The van der Waals surface area contributed by atoms with Gasteiger partial charge >= 0.3 is 6.43 Å². The van der Waals surface area contributed by atoms with E-state index in [0.717, 1.165) is 26.2 Å². The molecule has 0 aliphatic carbocycles. The Balaban J connectivity index is 1.31. The fourth-order valence-corrected chi connectivity index (χ4v) is 3.62. The Morgan fingerprint density at radius 2 is 1.91 bits per heavy atom. The van der Waals surface area contributed by atoms with Gasteiger partial charge in [-0.05, 0) is 24.3 Å². The summed E-state index contributed by atoms with van der Waals surface area (Å²) in [7, 11) is 0. The predicted molar refractivity (Wildman–Crippen MR) is 112 cm³/mol. The molecule has 1 saturated heterocycles. The van der Waals surface area contributed by atoms with Crippen molar-refractivity contribution in [2.45, 2.75) is 13.0 Å². The van der Waals surface area contributed by atoms with Gasteiger partial charge in [0, 0.05) is 37.9 Å². The molecule has 1 aliphatic rings. The molecule has 0 bridgehead atoms. The molecule has 0 saturated carbocycles. The molecule has 3 aromatic heterocycles. The van der Waals surface area contributed by atoms with Gasteiger partial charge < -0.3 is 14.6 Å². The number of rotatable bonds is 6. The molecule has 9 nitrogen and oxygen atoms in total. The summed E-state index contributed by atoms with van der Waals surface area (Å²) in [5.41, 5.74) is 2.42. The highest BCUT2D eigenvalue weighted by atomic mass is 19.3. The van der Waals surface area contributed by atoms with E-state index in [2.05, 4.69) is 30.8 Å². The third-order valence-corrected chi connectivity index (χ3v) is 5.27. The quantitative estimate of drug-likeness (QED) is 0.473. The van der Waals surface area contributed by atoms with Crippen LogP contribution < -0.4 is 10.2 Å². The van der Waals surface area contributed by atoms with E-state index in [4.69, 9.17) is 4.42 Å². The first kappa shape index (κ1) is 21.1. The lowest BCUT2D eigenvalue weighted by Crippen LogP contribution is -2.43. The van der Waals surface area contributed by atoms with Crippen LogP contribution >= 0.6 is 0 Å². The van der Waals surface area contributed by atoms with Crippen LogP contribution in [0.2, 0.25) is 0 Å². The first-order valence-corrected chi connectivity index (χ1v) is 10.3. The van der Waals surface area contributed by atoms with E-state index in [1.54, 1.807) is 35.1 Å². The number of nitrogens with zero attached hydrogens (tertiary/aromatic N) is 7. The molecule has 1 fully saturated rings. The fourth-order valence-electron chi connectivity index (χ4n) is 3.62. The molecule has 1 aliphatic heterocycles. The zero-order valence-corrected chi connectivity index (χ0v) is 17.3. The molecule has 4 heterocycles. The van der Waals surface area contributed by atoms with Crippen molar-refractivity contribution in [1.29, 1.82) is 0 Å². The lowest BCUT2D eigenvalue weighted by Gasteiger charge is -2.30. The van der Waals surface area contributed by atoms with Crippen LogP contribution in [0.15, 0.2) is 47.1 Å². The molecule has 0 unspecified atom stereocenters. The first-order chi connectivity index (χ1) is 16.1. The highest BCUT2D eigenvalue weighted by Crippen LogP contribution is 2.29. The monoisotopic (exact) mass is 456 g/mol. The van der Waals surface area contributed by atoms with Crippen molar-refractivity contribution in [3.63, 3.8) is 0 Å². The van der Waals surface area contributed by atoms with Crippen LogP contribution in [0, 0.1) is 5.82 Å². The second kappa shape index (κ2) is 8.98. The van der Waals surface area contributed by atoms with E-state index < -0.39 is 12.3 Å². The van der Waals surface area contributed by atoms with Crippen LogP contribution in [0.3, 0.4) is 0 Å². The van der Waals surface area contributed by atoms with E-state index in [1.165, 1.54) is 6.20 Å². The predicted octanol–water partition coefficient (Wildman–Crippen LogP) is 2.92. The maximum atomic E-state index is 15.2. The topological polar surface area (TPSA) is 97.8 Å². The van der Waals surface area contributed by atoms with Gasteiger partial charge in [-0.15, -0.1) is 15.3 Å². The van der Waals surface area contributed by atoms with Gasteiger partial charge in [-0.25, -0.2) is 9.07 Å². The van der Waals surface area contributed by atoms with E-state index in [-0.39, 0.29) is 11.7 Å². The highest BCUT2D eigenvalue weighted by molar-refractivity contribution is 5.66. The second-order valence-electron chi connectivity index (χ2n) is 7.46. The van der Waals surface area contributed by atoms with Crippen molar-refractivity contribution in [3.8, 4) is 22.7 Å². The largest absolute Gasteiger partial charge is 0.415 e. The van der Waals surface area contributed by atoms with Crippen molar-refractivity contribution in [2.75, 3.05) is 31.1 Å². The second-order valence-corrected chi connectivity index (χ2v) is 7.46. The van der Waals surface area contributed by atoms with Crippen molar-refractivity contribution in [2.24, 2.45) is 0 Å². The number of hydrogen-bond acceptors (Lipinski definition) is 8. The molecule has 33 heavy (non-hydrogen) atoms. The summed E-state index contributed by atoms with van der Waals surface area (Å²) in [6.07, 6.45) is 0.275. The molecule has 5 rings (SSSR count). The van der Waals surface area contributed by atoms with Gasteiger partial charge in [-0.1, -0.05) is 11.3 Å². The van der Waals surface area contributed by atoms with Gasteiger partial charge in [-0.2, -0.15) is 8.78 Å². The number of benzene rings is 1. The highest BCUT2D eigenvalue weighted by Gasteiger charge is 2.19. The number of nitrogens with one attached hydrogen (secondary N) is 1. The minimum absolute atomic E-state index is 0.0350. The number of hydrogen-bond donors (Lipinski definition) is 1. The smallest absolute Gasteiger partial charge is 0.314 e. The van der Waals surface area contributed by atoms with Gasteiger partial charge in [0.25, 0.3) is 5.89 Å². The minimum atomic E-state index is -2.83. The third-order valence-electron chi connectivity index (χ3n) is 5.27. The van der Waals surface area contributed by atoms with Crippen LogP contribution in [0.5, 0.6) is 0 Å². The Hall–Kier alpha value is -3.80. The minimum Gasteiger partial charge on any atom is -0.415 e. The Morgan fingerprint density at radius 3 is 2.64 bits per heavy atom. The number of pyridine rings is 1. The molecule has 1 aromatic carbocycles. The first-order valence-electron chi connectivity index (χ1n) is 10.3. The summed E-state index contributed by atoms with van der Waals surface area (Å²) >= 11 is 0. The van der Waals surface area contributed by atoms with E-state index in [1.807, 2.05) is 11.0 Å². The molecule has 0 amide bonds. The molecule has 12 heteroatoms. The Labute approximate surface area is 186 Å². The standard InChI is InChI=1S/C21H19F3N8O/c22-18-15(2-1-3-17(18)31-8-6-25-7-9-31)16-12-32(30-27-16)11-14-5-4-13(10-26-14)20-28-29-21(33-20)19(23)24/h1-5,10,12,19,25H,6-9,11H2. The Bertz CT molecular complexity index is 1230. The average Bonchev–Trinajstić information content (AvgIpc) is 3.51. The summed E-state index contributed by atoms with van der Waals surface area (Å²) in [5.74, 6) is -1.10. The van der Waals surface area contributed by atoms with Crippen molar-refractivity contribution < 1.29 is 17.6 Å². The van der Waals surface area contributed by atoms with Crippen LogP contribution in [-0.2, 0) is 6.54 Å². The maximum Gasteiger partial charge on any atom is 0.314 e. The van der Waals surface area contributed by atoms with Gasteiger partial charge in [0.1, 0.15) is 5.69 Å². The number of halogens is 3. The molecule has 1 N–H and O–H groups in total. The summed E-state index contributed by atoms with van der Waals surface area (Å²) in [6.45, 7) is 3.39. The SMILES string of the molecule is Fc1c(-c2cn(Cc3ccc(-c4nnc(C(F)F)o4)cn3)nn2)cccc1N1CCNCC1. The van der Waals surface area contributed by atoms with Crippen LogP contribution in [0.1, 0.15) is 18.0 Å². The van der Waals surface area contributed by atoms with Gasteiger partial charge in [0.2, 0.25) is 5.89 Å². The molecule has 170 valence electrons. The molecule has 0 spiro atoms. The molecular weight excluding hydrogens is 437 g/mol. The van der Waals surface area contributed by atoms with Crippen molar-refractivity contribution in [1.82, 2.24) is 35.5 Å². The number of alkyl halides is 2. The van der Waals surface area contributed by atoms with Gasteiger partial charge in [0.15, 0.2) is 5.82 Å². The van der Waals surface area contributed by atoms with Gasteiger partial charge in [0.05, 0.1) is 29.7 Å². The number of aromatic nitrogens is 6. The lowest BCUT2D eigenvalue weighted by molar-refractivity contribution is 0.116. The number of anilines is 1. The van der Waals surface area contributed by atoms with Crippen LogP contribution in [0.25, 0.3) is 22.7 Å². The molecule has 4 aromatic rings. The molecule has 0 atom stereocenters. The Morgan fingerprint density at radius 1 is 1.06 bits per heavy atom. The third kappa shape index (κ3) is 4.42. The molecule has 0 radical (unpaired) electrons. The van der Waals surface area contributed by atoms with Crippen LogP contribution in [-0.4, -0.2) is 56.4 Å². The normalized spacial score (nSPS) is 14.2. The van der Waals surface area contributed by atoms with E-state index in [0.29, 0.717) is 34.7 Å². The van der Waals surface area contributed by atoms with Crippen molar-refractivity contribution >= 4 is 5.69 Å². The fraction of sp³-hybridized carbons (Fsp3) is 0.286. The summed E-state index contributed by atoms with van der Waals surface area (Å²) in [5, 5.41) is 18.4. The lowest BCUT2D eigenvalue weighted by atomic mass is 10.1. The zero-order chi connectivity index (χ0) is 22.8. The zero-order valence-electron chi connectivity index (χ0n) is 17.3.